The van der Waals surface area contributed by atoms with Crippen molar-refractivity contribution in [2.45, 2.75) is 31.7 Å². The molecule has 0 saturated carbocycles. The first-order valence-electron chi connectivity index (χ1n) is 9.43. The van der Waals surface area contributed by atoms with Crippen molar-refractivity contribution in [3.8, 4) is 12.1 Å². The first-order chi connectivity index (χ1) is 14.9. The van der Waals surface area contributed by atoms with Gasteiger partial charge in [-0.15, -0.1) is 11.3 Å². The van der Waals surface area contributed by atoms with E-state index in [2.05, 4.69) is 17.1 Å². The lowest BCUT2D eigenvalue weighted by molar-refractivity contribution is -0.139. The lowest BCUT2D eigenvalue weighted by Crippen LogP contribution is -2.26. The zero-order valence-electron chi connectivity index (χ0n) is 17.3. The quantitative estimate of drug-likeness (QED) is 0.514. The minimum absolute atomic E-state index is 0.0431. The minimum atomic E-state index is -0.670. The normalized spacial score (nSPS) is 15.8. The summed E-state index contributed by atoms with van der Waals surface area (Å²) in [5, 5.41) is 21.6. The molecule has 0 spiro atoms. The van der Waals surface area contributed by atoms with Crippen LogP contribution in [0.4, 0.5) is 0 Å². The van der Waals surface area contributed by atoms with Gasteiger partial charge < -0.3 is 15.2 Å². The second kappa shape index (κ2) is 9.69. The van der Waals surface area contributed by atoms with E-state index in [1.165, 1.54) is 23.1 Å². The average Bonchev–Trinajstić information content (AvgIpc) is 3.26. The summed E-state index contributed by atoms with van der Waals surface area (Å²) < 4.78 is 11.0. The molecule has 0 saturated heterocycles. The van der Waals surface area contributed by atoms with E-state index >= 15 is 0 Å². The first-order valence-corrected chi connectivity index (χ1v) is 11.3. The maximum absolute atomic E-state index is 12.9. The summed E-state index contributed by atoms with van der Waals surface area (Å²) in [6.07, 6.45) is 0. The highest BCUT2D eigenvalue weighted by molar-refractivity contribution is 7.99. The molecule has 1 aliphatic heterocycles. The number of pyridine rings is 1. The number of hydrogen-bond donors (Lipinski definition) is 1. The molecular formula is C22H20N4O3S2. The molecule has 2 aromatic rings. The lowest BCUT2D eigenvalue weighted by Gasteiger charge is -2.27. The molecule has 1 atom stereocenters. The number of allylic oxidation sites excluding steroid dienone is 1. The summed E-state index contributed by atoms with van der Waals surface area (Å²) in [6, 6.07) is 9.79. The van der Waals surface area contributed by atoms with Crippen LogP contribution >= 0.6 is 23.1 Å². The monoisotopic (exact) mass is 452 g/mol. The van der Waals surface area contributed by atoms with Crippen molar-refractivity contribution in [3.63, 3.8) is 0 Å². The van der Waals surface area contributed by atoms with E-state index in [0.717, 1.165) is 16.1 Å². The van der Waals surface area contributed by atoms with Gasteiger partial charge in [-0.3, -0.25) is 0 Å². The number of thioether (sulfide) groups is 1. The van der Waals surface area contributed by atoms with Crippen LogP contribution in [-0.2, 0) is 14.3 Å². The van der Waals surface area contributed by atoms with E-state index in [1.807, 2.05) is 37.4 Å². The Hall–Kier alpha value is -3.27. The van der Waals surface area contributed by atoms with Gasteiger partial charge in [-0.25, -0.2) is 9.78 Å². The van der Waals surface area contributed by atoms with Crippen LogP contribution in [0.3, 0.4) is 0 Å². The summed E-state index contributed by atoms with van der Waals surface area (Å²) in [4.78, 5) is 18.2. The number of hydrogen-bond acceptors (Lipinski definition) is 9. The summed E-state index contributed by atoms with van der Waals surface area (Å²) in [5.41, 5.74) is 8.55. The summed E-state index contributed by atoms with van der Waals surface area (Å²) in [7, 11) is 0. The fourth-order valence-electron chi connectivity index (χ4n) is 3.27. The summed E-state index contributed by atoms with van der Waals surface area (Å²) in [5.74, 6) is -0.789. The number of aromatic nitrogens is 1. The molecule has 3 rings (SSSR count). The zero-order chi connectivity index (χ0) is 22.5. The third-order valence-electron chi connectivity index (χ3n) is 4.58. The molecule has 0 amide bonds. The van der Waals surface area contributed by atoms with Gasteiger partial charge in [0.15, 0.2) is 0 Å². The van der Waals surface area contributed by atoms with Gasteiger partial charge in [-0.2, -0.15) is 10.5 Å². The van der Waals surface area contributed by atoms with E-state index < -0.39 is 11.9 Å². The van der Waals surface area contributed by atoms with Crippen molar-refractivity contribution < 1.29 is 14.3 Å². The number of ether oxygens (including phenoxy) is 2. The number of aryl methyl sites for hydroxylation is 2. The van der Waals surface area contributed by atoms with Gasteiger partial charge >= 0.3 is 5.97 Å². The highest BCUT2D eigenvalue weighted by Gasteiger charge is 2.38. The smallest absolute Gasteiger partial charge is 0.338 e. The fraction of sp³-hybridized carbons (Fsp3) is 0.273. The van der Waals surface area contributed by atoms with Crippen LogP contribution in [0.15, 0.2) is 51.4 Å². The van der Waals surface area contributed by atoms with Gasteiger partial charge in [0, 0.05) is 10.6 Å². The SMILES string of the molecule is CCOC(=O)C1=C(CSc2nc(C)cc(C)c2C#N)OC(N)=C(C#N)[C@H]1c1cccs1. The second-order valence-electron chi connectivity index (χ2n) is 6.66. The van der Waals surface area contributed by atoms with Crippen LogP contribution < -0.4 is 5.73 Å². The third-order valence-corrected chi connectivity index (χ3v) is 6.50. The van der Waals surface area contributed by atoms with Crippen LogP contribution in [0.2, 0.25) is 0 Å². The zero-order valence-corrected chi connectivity index (χ0v) is 18.9. The van der Waals surface area contributed by atoms with Crippen LogP contribution in [0.5, 0.6) is 0 Å². The Balaban J connectivity index is 2.07. The maximum atomic E-state index is 12.9. The highest BCUT2D eigenvalue weighted by atomic mass is 32.2. The number of rotatable bonds is 6. The summed E-state index contributed by atoms with van der Waals surface area (Å²) in [6.45, 7) is 5.60. The van der Waals surface area contributed by atoms with Crippen LogP contribution in [0.25, 0.3) is 0 Å². The molecule has 9 heteroatoms. The molecule has 0 aromatic carbocycles. The van der Waals surface area contributed by atoms with E-state index in [9.17, 15) is 15.3 Å². The predicted octanol–water partition coefficient (Wildman–Crippen LogP) is 4.05. The molecule has 7 nitrogen and oxygen atoms in total. The Labute approximate surface area is 188 Å². The molecule has 2 N–H and O–H groups in total. The Morgan fingerprint density at radius 2 is 2.16 bits per heavy atom. The Morgan fingerprint density at radius 3 is 2.77 bits per heavy atom. The summed E-state index contributed by atoms with van der Waals surface area (Å²) >= 11 is 2.69. The van der Waals surface area contributed by atoms with Crippen molar-refractivity contribution in [3.05, 3.63) is 68.1 Å². The van der Waals surface area contributed by atoms with Crippen LogP contribution in [-0.4, -0.2) is 23.3 Å². The van der Waals surface area contributed by atoms with E-state index in [1.54, 1.807) is 6.92 Å². The van der Waals surface area contributed by atoms with Gasteiger partial charge in [0.1, 0.15) is 28.5 Å². The Bertz CT molecular complexity index is 1150. The molecule has 3 heterocycles. The van der Waals surface area contributed by atoms with Gasteiger partial charge in [0.05, 0.1) is 29.4 Å². The van der Waals surface area contributed by atoms with Gasteiger partial charge in [0.2, 0.25) is 5.88 Å². The molecule has 1 aliphatic rings. The highest BCUT2D eigenvalue weighted by Crippen LogP contribution is 2.42. The Kier molecular flexibility index (Phi) is 7.01. The minimum Gasteiger partial charge on any atom is -0.463 e. The molecule has 2 aromatic heterocycles. The molecule has 0 radical (unpaired) electrons. The number of thiophene rings is 1. The molecule has 158 valence electrons. The third kappa shape index (κ3) is 4.58. The van der Waals surface area contributed by atoms with E-state index in [0.29, 0.717) is 16.3 Å². The number of nitrogens with zero attached hydrogens (tertiary/aromatic N) is 3. The molecule has 31 heavy (non-hydrogen) atoms. The van der Waals surface area contributed by atoms with Crippen molar-refractivity contribution in [2.24, 2.45) is 5.73 Å². The lowest BCUT2D eigenvalue weighted by atomic mass is 9.87. The van der Waals surface area contributed by atoms with Gasteiger partial charge in [-0.05, 0) is 43.8 Å². The molecule has 0 unspecified atom stereocenters. The van der Waals surface area contributed by atoms with Crippen molar-refractivity contribution >= 4 is 29.1 Å². The number of carbonyl (C=O) groups excluding carboxylic acids is 1. The number of esters is 1. The average molecular weight is 453 g/mol. The first kappa shape index (κ1) is 22.4. The van der Waals surface area contributed by atoms with Gasteiger partial charge in [-0.1, -0.05) is 17.8 Å². The Morgan fingerprint density at radius 1 is 1.39 bits per heavy atom. The molecule has 0 fully saturated rings. The topological polar surface area (TPSA) is 122 Å². The molecule has 0 aliphatic carbocycles. The predicted molar refractivity (Wildman–Crippen MR) is 118 cm³/mol. The molecular weight excluding hydrogens is 432 g/mol. The number of nitriles is 2. The maximum Gasteiger partial charge on any atom is 0.338 e. The van der Waals surface area contributed by atoms with Crippen LogP contribution in [0, 0.1) is 36.5 Å². The van der Waals surface area contributed by atoms with Crippen molar-refractivity contribution in [1.82, 2.24) is 4.98 Å². The number of carbonyl (C=O) groups is 1. The largest absolute Gasteiger partial charge is 0.463 e. The molecule has 0 bridgehead atoms. The fourth-order valence-corrected chi connectivity index (χ4v) is 5.16. The van der Waals surface area contributed by atoms with Crippen molar-refractivity contribution in [2.75, 3.05) is 12.4 Å². The van der Waals surface area contributed by atoms with E-state index in [-0.39, 0.29) is 29.4 Å². The van der Waals surface area contributed by atoms with Crippen molar-refractivity contribution in [1.29, 1.82) is 10.5 Å². The standard InChI is InChI=1S/C22H20N4O3S2/c1-4-28-22(27)19-16(11-31-21-14(9-23)12(2)8-13(3)26-21)29-20(25)15(10-24)18(19)17-6-5-7-30-17/h5-8,18H,4,11,25H2,1-3H3/t18-/m0/s1. The second-order valence-corrected chi connectivity index (χ2v) is 8.60. The number of nitrogens with two attached hydrogens (primary N) is 1. The van der Waals surface area contributed by atoms with E-state index in [4.69, 9.17) is 15.2 Å². The van der Waals surface area contributed by atoms with Crippen LogP contribution in [0.1, 0.15) is 34.5 Å². The van der Waals surface area contributed by atoms with Gasteiger partial charge in [0.25, 0.3) is 0 Å².